The number of hydrogen-bond donors (Lipinski definition) is 3. The average Bonchev–Trinajstić information content (AvgIpc) is 3.40. The average molecular weight is 435 g/mol. The van der Waals surface area contributed by atoms with Gasteiger partial charge in [0, 0.05) is 36.8 Å². The number of nitrogens with one attached hydrogen (secondary N) is 2. The van der Waals surface area contributed by atoms with E-state index in [1.165, 1.54) is 0 Å². The van der Waals surface area contributed by atoms with Crippen LogP contribution in [-0.2, 0) is 23.0 Å². The van der Waals surface area contributed by atoms with E-state index >= 15 is 0 Å². The fourth-order valence-electron chi connectivity index (χ4n) is 4.24. The van der Waals surface area contributed by atoms with E-state index in [1.54, 1.807) is 0 Å². The van der Waals surface area contributed by atoms with Gasteiger partial charge in [-0.2, -0.15) is 0 Å². The standard InChI is InChI=1S/C25H30N4O3/c1-3-31-25(30)22(16-6-8-20(9-7-16)32-21-10-11-28-15-21)14-19-12-17-4-5-18(24(26)27)13-23(17)29(19)2/h4-9,12-13,21-22,28H,3,10-11,14-15H2,1-2H3,(H3,26,27)/t21-,22?/m0/s1. The maximum atomic E-state index is 12.9. The summed E-state index contributed by atoms with van der Waals surface area (Å²) in [5.41, 5.74) is 9.22. The third kappa shape index (κ3) is 4.62. The van der Waals surface area contributed by atoms with Crippen LogP contribution in [0.4, 0.5) is 0 Å². The highest BCUT2D eigenvalue weighted by atomic mass is 16.5. The van der Waals surface area contributed by atoms with E-state index < -0.39 is 5.92 Å². The van der Waals surface area contributed by atoms with Crippen molar-refractivity contribution in [2.75, 3.05) is 19.7 Å². The first-order valence-corrected chi connectivity index (χ1v) is 11.0. The fourth-order valence-corrected chi connectivity index (χ4v) is 4.24. The molecule has 3 aromatic rings. The number of carbonyl (C=O) groups excluding carboxylic acids is 1. The van der Waals surface area contributed by atoms with Crippen LogP contribution in [0.25, 0.3) is 10.9 Å². The molecule has 7 heteroatoms. The number of nitrogens with two attached hydrogens (primary N) is 1. The molecule has 2 atom stereocenters. The number of esters is 1. The fraction of sp³-hybridized carbons (Fsp3) is 0.360. The summed E-state index contributed by atoms with van der Waals surface area (Å²) in [4.78, 5) is 12.9. The molecule has 1 saturated heterocycles. The first-order chi connectivity index (χ1) is 15.5. The first-order valence-electron chi connectivity index (χ1n) is 11.0. The zero-order valence-corrected chi connectivity index (χ0v) is 18.6. The minimum atomic E-state index is -0.424. The van der Waals surface area contributed by atoms with Gasteiger partial charge >= 0.3 is 5.97 Å². The van der Waals surface area contributed by atoms with Gasteiger partial charge in [0.05, 0.1) is 12.5 Å². The molecule has 4 rings (SSSR count). The number of aromatic nitrogens is 1. The number of fused-ring (bicyclic) bond motifs is 1. The molecule has 0 aliphatic carbocycles. The molecular weight excluding hydrogens is 404 g/mol. The molecule has 0 saturated carbocycles. The SMILES string of the molecule is CCOC(=O)C(Cc1cc2ccc(C(=N)N)cc2n1C)c1ccc(O[C@H]2CCNC2)cc1. The Morgan fingerprint density at radius 3 is 2.69 bits per heavy atom. The van der Waals surface area contributed by atoms with Crippen LogP contribution in [0.2, 0.25) is 0 Å². The molecule has 0 bridgehead atoms. The second-order valence-corrected chi connectivity index (χ2v) is 8.19. The molecule has 1 aliphatic rings. The van der Waals surface area contributed by atoms with Crippen LogP contribution in [-0.4, -0.2) is 42.2 Å². The normalized spacial score (nSPS) is 16.8. The molecule has 1 unspecified atom stereocenters. The van der Waals surface area contributed by atoms with Crippen LogP contribution in [0.15, 0.2) is 48.5 Å². The van der Waals surface area contributed by atoms with Crippen molar-refractivity contribution in [2.45, 2.75) is 31.8 Å². The lowest BCUT2D eigenvalue weighted by molar-refractivity contribution is -0.145. The molecule has 168 valence electrons. The van der Waals surface area contributed by atoms with Crippen LogP contribution in [0, 0.1) is 5.41 Å². The maximum absolute atomic E-state index is 12.9. The molecule has 7 nitrogen and oxygen atoms in total. The van der Waals surface area contributed by atoms with Crippen molar-refractivity contribution in [1.82, 2.24) is 9.88 Å². The minimum Gasteiger partial charge on any atom is -0.489 e. The van der Waals surface area contributed by atoms with Gasteiger partial charge in [0.15, 0.2) is 0 Å². The van der Waals surface area contributed by atoms with Gasteiger partial charge in [-0.1, -0.05) is 24.3 Å². The van der Waals surface area contributed by atoms with E-state index in [0.717, 1.165) is 47.4 Å². The predicted molar refractivity (Wildman–Crippen MR) is 125 cm³/mol. The van der Waals surface area contributed by atoms with Gasteiger partial charge in [0.1, 0.15) is 17.7 Å². The molecule has 0 amide bonds. The van der Waals surface area contributed by atoms with E-state index in [4.69, 9.17) is 20.6 Å². The quantitative estimate of drug-likeness (QED) is 0.287. The number of carbonyl (C=O) groups is 1. The smallest absolute Gasteiger partial charge is 0.313 e. The second-order valence-electron chi connectivity index (χ2n) is 8.19. The Balaban J connectivity index is 1.60. The van der Waals surface area contributed by atoms with E-state index in [1.807, 2.05) is 56.4 Å². The number of nitrogens with zero attached hydrogens (tertiary/aromatic N) is 1. The van der Waals surface area contributed by atoms with Gasteiger partial charge in [0.25, 0.3) is 0 Å². The molecule has 0 radical (unpaired) electrons. The predicted octanol–water partition coefficient (Wildman–Crippen LogP) is 3.09. The monoisotopic (exact) mass is 434 g/mol. The van der Waals surface area contributed by atoms with E-state index in [9.17, 15) is 4.79 Å². The highest BCUT2D eigenvalue weighted by Crippen LogP contribution is 2.28. The van der Waals surface area contributed by atoms with Crippen molar-refractivity contribution in [3.63, 3.8) is 0 Å². The van der Waals surface area contributed by atoms with Crippen LogP contribution in [0.5, 0.6) is 5.75 Å². The Morgan fingerprint density at radius 2 is 2.03 bits per heavy atom. The highest BCUT2D eigenvalue weighted by Gasteiger charge is 2.25. The largest absolute Gasteiger partial charge is 0.489 e. The van der Waals surface area contributed by atoms with Gasteiger partial charge in [-0.3, -0.25) is 10.2 Å². The summed E-state index contributed by atoms with van der Waals surface area (Å²) in [6, 6.07) is 15.6. The lowest BCUT2D eigenvalue weighted by atomic mass is 9.94. The summed E-state index contributed by atoms with van der Waals surface area (Å²) >= 11 is 0. The topological polar surface area (TPSA) is 102 Å². The van der Waals surface area contributed by atoms with Gasteiger partial charge in [0.2, 0.25) is 0 Å². The lowest BCUT2D eigenvalue weighted by Gasteiger charge is -2.18. The zero-order chi connectivity index (χ0) is 22.7. The summed E-state index contributed by atoms with van der Waals surface area (Å²) in [6.07, 6.45) is 1.70. The minimum absolute atomic E-state index is 0.0368. The number of nitrogen functional groups attached to an aromatic ring is 1. The molecule has 1 fully saturated rings. The molecule has 2 heterocycles. The Morgan fingerprint density at radius 1 is 1.25 bits per heavy atom. The number of hydrogen-bond acceptors (Lipinski definition) is 5. The lowest BCUT2D eigenvalue weighted by Crippen LogP contribution is -2.20. The van der Waals surface area contributed by atoms with Crippen molar-refractivity contribution >= 4 is 22.7 Å². The van der Waals surface area contributed by atoms with Gasteiger partial charge in [-0.05, 0) is 55.1 Å². The summed E-state index contributed by atoms with van der Waals surface area (Å²) in [6.45, 7) is 4.00. The van der Waals surface area contributed by atoms with Crippen molar-refractivity contribution in [3.05, 3.63) is 65.4 Å². The number of aryl methyl sites for hydroxylation is 1. The van der Waals surface area contributed by atoms with E-state index in [2.05, 4.69) is 16.0 Å². The molecule has 2 aromatic carbocycles. The molecule has 0 spiro atoms. The third-order valence-electron chi connectivity index (χ3n) is 6.04. The highest BCUT2D eigenvalue weighted by molar-refractivity contribution is 5.98. The molecular formula is C25H30N4O3. The first kappa shape index (κ1) is 21.9. The van der Waals surface area contributed by atoms with Crippen LogP contribution in [0.3, 0.4) is 0 Å². The Bertz CT molecular complexity index is 1110. The number of benzene rings is 2. The molecule has 32 heavy (non-hydrogen) atoms. The van der Waals surface area contributed by atoms with E-state index in [0.29, 0.717) is 18.6 Å². The van der Waals surface area contributed by atoms with Gasteiger partial charge in [-0.25, -0.2) is 0 Å². The van der Waals surface area contributed by atoms with Gasteiger partial charge < -0.3 is 25.1 Å². The molecule has 1 aliphatic heterocycles. The number of ether oxygens (including phenoxy) is 2. The van der Waals surface area contributed by atoms with Gasteiger partial charge in [-0.15, -0.1) is 0 Å². The summed E-state index contributed by atoms with van der Waals surface area (Å²) in [5, 5.41) is 12.0. The number of amidine groups is 1. The molecule has 1 aromatic heterocycles. The van der Waals surface area contributed by atoms with Crippen molar-refractivity contribution in [3.8, 4) is 5.75 Å². The van der Waals surface area contributed by atoms with Crippen molar-refractivity contribution in [2.24, 2.45) is 12.8 Å². The van der Waals surface area contributed by atoms with Crippen LogP contribution >= 0.6 is 0 Å². The van der Waals surface area contributed by atoms with E-state index in [-0.39, 0.29) is 17.9 Å². The van der Waals surface area contributed by atoms with Crippen LogP contribution in [0.1, 0.15) is 36.1 Å². The summed E-state index contributed by atoms with van der Waals surface area (Å²) in [5.74, 6) is 0.185. The third-order valence-corrected chi connectivity index (χ3v) is 6.04. The Kier molecular flexibility index (Phi) is 6.46. The van der Waals surface area contributed by atoms with Crippen LogP contribution < -0.4 is 15.8 Å². The summed E-state index contributed by atoms with van der Waals surface area (Å²) in [7, 11) is 1.97. The zero-order valence-electron chi connectivity index (χ0n) is 18.6. The molecule has 4 N–H and O–H groups in total. The van der Waals surface area contributed by atoms with Crippen molar-refractivity contribution < 1.29 is 14.3 Å². The summed E-state index contributed by atoms with van der Waals surface area (Å²) < 4.78 is 13.5. The van der Waals surface area contributed by atoms with Crippen molar-refractivity contribution in [1.29, 1.82) is 5.41 Å². The Hall–Kier alpha value is -3.32. The Labute approximate surface area is 188 Å². The second kappa shape index (κ2) is 9.44. The number of rotatable bonds is 8. The maximum Gasteiger partial charge on any atom is 0.313 e.